The molecule has 162 valence electrons. The van der Waals surface area contributed by atoms with E-state index in [1.807, 2.05) is 24.3 Å². The van der Waals surface area contributed by atoms with Crippen LogP contribution in [-0.4, -0.2) is 11.2 Å². The number of hydrogen-bond acceptors (Lipinski definition) is 2. The van der Waals surface area contributed by atoms with Crippen LogP contribution in [0, 0.1) is 5.82 Å². The summed E-state index contributed by atoms with van der Waals surface area (Å²) in [5.74, 6) is -0.273. The highest BCUT2D eigenvalue weighted by Crippen LogP contribution is 2.30. The fourth-order valence-electron chi connectivity index (χ4n) is 3.68. The minimum atomic E-state index is -0.273. The van der Waals surface area contributed by atoms with Crippen molar-refractivity contribution in [3.05, 3.63) is 102 Å². The molecule has 0 aliphatic rings. The van der Waals surface area contributed by atoms with Crippen molar-refractivity contribution in [2.24, 2.45) is 0 Å². The molecule has 3 nitrogen and oxygen atoms in total. The lowest BCUT2D eigenvalue weighted by Gasteiger charge is -2.33. The number of thiocarbonyl (C=S) groups is 1. The lowest BCUT2D eigenvalue weighted by Crippen LogP contribution is -2.43. The molecular weight excluding hydrogens is 405 g/mol. The van der Waals surface area contributed by atoms with Gasteiger partial charge in [-0.3, -0.25) is 0 Å². The summed E-state index contributed by atoms with van der Waals surface area (Å²) in [5.41, 5.74) is 3.08. The van der Waals surface area contributed by atoms with Crippen molar-refractivity contribution < 1.29 is 4.39 Å². The van der Waals surface area contributed by atoms with E-state index in [0.29, 0.717) is 11.2 Å². The summed E-state index contributed by atoms with van der Waals surface area (Å²) in [4.78, 5) is 0. The standard InChI is InChI=1S/C26H30FN3S/c1-3-22(4-2)28-24(19-11-7-5-8-12-19)25(20-13-9-6-10-14-20)30-26(31)29-23-17-15-21(27)16-18-23/h5-18,22,24-25,28H,3-4H2,1-2H3,(H2,29,30,31)/t24-,25-/m1/s1. The van der Waals surface area contributed by atoms with Gasteiger partial charge in [0.25, 0.3) is 0 Å². The zero-order valence-electron chi connectivity index (χ0n) is 18.0. The van der Waals surface area contributed by atoms with Crippen molar-refractivity contribution in [2.75, 3.05) is 5.32 Å². The normalized spacial score (nSPS) is 12.9. The molecule has 0 aliphatic carbocycles. The molecule has 0 amide bonds. The summed E-state index contributed by atoms with van der Waals surface area (Å²) >= 11 is 5.64. The van der Waals surface area contributed by atoms with Gasteiger partial charge in [0.05, 0.1) is 12.1 Å². The third-order valence-corrected chi connectivity index (χ3v) is 5.66. The minimum Gasteiger partial charge on any atom is -0.354 e. The van der Waals surface area contributed by atoms with Crippen LogP contribution in [0.3, 0.4) is 0 Å². The topological polar surface area (TPSA) is 36.1 Å². The van der Waals surface area contributed by atoms with Crippen LogP contribution < -0.4 is 16.0 Å². The molecule has 0 bridgehead atoms. The molecule has 3 N–H and O–H groups in total. The maximum atomic E-state index is 13.3. The first kappa shape index (κ1) is 22.9. The van der Waals surface area contributed by atoms with Crippen molar-refractivity contribution in [1.29, 1.82) is 0 Å². The molecule has 0 radical (unpaired) electrons. The monoisotopic (exact) mass is 435 g/mol. The molecule has 0 saturated carbocycles. The third kappa shape index (κ3) is 6.61. The molecule has 0 aliphatic heterocycles. The third-order valence-electron chi connectivity index (χ3n) is 5.44. The number of anilines is 1. The average Bonchev–Trinajstić information content (AvgIpc) is 2.81. The number of benzene rings is 3. The Morgan fingerprint density at radius 3 is 1.81 bits per heavy atom. The van der Waals surface area contributed by atoms with Crippen LogP contribution in [0.15, 0.2) is 84.9 Å². The highest BCUT2D eigenvalue weighted by Gasteiger charge is 2.27. The van der Waals surface area contributed by atoms with Crippen molar-refractivity contribution in [3.63, 3.8) is 0 Å². The predicted octanol–water partition coefficient (Wildman–Crippen LogP) is 6.37. The zero-order chi connectivity index (χ0) is 22.1. The first-order chi connectivity index (χ1) is 15.1. The lowest BCUT2D eigenvalue weighted by atomic mass is 9.92. The first-order valence-electron chi connectivity index (χ1n) is 10.8. The Kier molecular flexibility index (Phi) is 8.56. The van der Waals surface area contributed by atoms with Crippen molar-refractivity contribution >= 4 is 23.0 Å². The Balaban J connectivity index is 1.91. The van der Waals surface area contributed by atoms with Gasteiger partial charge in [0.2, 0.25) is 0 Å². The van der Waals surface area contributed by atoms with Gasteiger partial charge in [-0.05, 0) is 60.5 Å². The first-order valence-corrected chi connectivity index (χ1v) is 11.2. The maximum Gasteiger partial charge on any atom is 0.171 e. The summed E-state index contributed by atoms with van der Waals surface area (Å²) in [6.07, 6.45) is 2.08. The molecular formula is C26H30FN3S. The fourth-order valence-corrected chi connectivity index (χ4v) is 3.93. The summed E-state index contributed by atoms with van der Waals surface area (Å²) in [6, 6.07) is 27.3. The molecule has 5 heteroatoms. The second-order valence-electron chi connectivity index (χ2n) is 7.56. The van der Waals surface area contributed by atoms with Crippen LogP contribution in [0.2, 0.25) is 0 Å². The van der Waals surface area contributed by atoms with Crippen molar-refractivity contribution in [3.8, 4) is 0 Å². The second-order valence-corrected chi connectivity index (χ2v) is 7.97. The quantitative estimate of drug-likeness (QED) is 0.341. The smallest absolute Gasteiger partial charge is 0.171 e. The molecule has 0 spiro atoms. The number of nitrogens with one attached hydrogen (secondary N) is 3. The van der Waals surface area contributed by atoms with Gasteiger partial charge in [-0.1, -0.05) is 74.5 Å². The van der Waals surface area contributed by atoms with Gasteiger partial charge in [0, 0.05) is 11.7 Å². The Morgan fingerprint density at radius 1 is 0.774 bits per heavy atom. The molecule has 0 saturated heterocycles. The Morgan fingerprint density at radius 2 is 1.29 bits per heavy atom. The highest BCUT2D eigenvalue weighted by molar-refractivity contribution is 7.80. The SMILES string of the molecule is CCC(CC)N[C@H](c1ccccc1)[C@H](NC(=S)Nc1ccc(F)cc1)c1ccccc1. The Hall–Kier alpha value is -2.76. The molecule has 3 aromatic rings. The molecule has 0 aromatic heterocycles. The largest absolute Gasteiger partial charge is 0.354 e. The van der Waals surface area contributed by atoms with Crippen LogP contribution in [0.5, 0.6) is 0 Å². The van der Waals surface area contributed by atoms with E-state index in [1.54, 1.807) is 12.1 Å². The van der Waals surface area contributed by atoms with Gasteiger partial charge in [-0.15, -0.1) is 0 Å². The van der Waals surface area contributed by atoms with E-state index < -0.39 is 0 Å². The minimum absolute atomic E-state index is 0.0152. The van der Waals surface area contributed by atoms with Crippen LogP contribution in [0.1, 0.15) is 49.9 Å². The van der Waals surface area contributed by atoms with Crippen LogP contribution in [0.25, 0.3) is 0 Å². The van der Waals surface area contributed by atoms with Crippen LogP contribution in [-0.2, 0) is 0 Å². The van der Waals surface area contributed by atoms with Gasteiger partial charge in [-0.25, -0.2) is 4.39 Å². The fraction of sp³-hybridized carbons (Fsp3) is 0.269. The summed E-state index contributed by atoms with van der Waals surface area (Å²) in [6.45, 7) is 4.41. The van der Waals surface area contributed by atoms with Gasteiger partial charge in [0.15, 0.2) is 5.11 Å². The maximum absolute atomic E-state index is 13.3. The second kappa shape index (κ2) is 11.6. The highest BCUT2D eigenvalue weighted by atomic mass is 32.1. The Bertz CT molecular complexity index is 928. The molecule has 3 aromatic carbocycles. The van der Waals surface area contributed by atoms with Crippen LogP contribution >= 0.6 is 12.2 Å². The predicted molar refractivity (Wildman–Crippen MR) is 132 cm³/mol. The van der Waals surface area contributed by atoms with E-state index in [9.17, 15) is 4.39 Å². The van der Waals surface area contributed by atoms with Gasteiger partial charge in [-0.2, -0.15) is 0 Å². The average molecular weight is 436 g/mol. The zero-order valence-corrected chi connectivity index (χ0v) is 18.8. The van der Waals surface area contributed by atoms with E-state index in [4.69, 9.17) is 12.2 Å². The number of halogens is 1. The Labute approximate surface area is 190 Å². The number of rotatable bonds is 9. The summed E-state index contributed by atoms with van der Waals surface area (Å²) in [5, 5.41) is 11.0. The van der Waals surface area contributed by atoms with E-state index >= 15 is 0 Å². The summed E-state index contributed by atoms with van der Waals surface area (Å²) in [7, 11) is 0. The van der Waals surface area contributed by atoms with Gasteiger partial charge < -0.3 is 16.0 Å². The van der Waals surface area contributed by atoms with Gasteiger partial charge >= 0.3 is 0 Å². The van der Waals surface area contributed by atoms with E-state index in [2.05, 4.69) is 66.2 Å². The van der Waals surface area contributed by atoms with E-state index in [0.717, 1.165) is 24.1 Å². The number of hydrogen-bond donors (Lipinski definition) is 3. The van der Waals surface area contributed by atoms with E-state index in [1.165, 1.54) is 17.7 Å². The molecule has 31 heavy (non-hydrogen) atoms. The molecule has 3 rings (SSSR count). The van der Waals surface area contributed by atoms with Crippen LogP contribution in [0.4, 0.5) is 10.1 Å². The van der Waals surface area contributed by atoms with Crippen molar-refractivity contribution in [2.45, 2.75) is 44.8 Å². The lowest BCUT2D eigenvalue weighted by molar-refractivity contribution is 0.357. The molecule has 0 unspecified atom stereocenters. The summed E-state index contributed by atoms with van der Waals surface area (Å²) < 4.78 is 13.3. The van der Waals surface area contributed by atoms with Crippen molar-refractivity contribution in [1.82, 2.24) is 10.6 Å². The van der Waals surface area contributed by atoms with Gasteiger partial charge in [0.1, 0.15) is 5.82 Å². The molecule has 2 atom stereocenters. The molecule has 0 fully saturated rings. The van der Waals surface area contributed by atoms with E-state index in [-0.39, 0.29) is 17.9 Å². The molecule has 0 heterocycles.